The van der Waals surface area contributed by atoms with Crippen LogP contribution >= 0.6 is 0 Å². The molecule has 0 fully saturated rings. The predicted molar refractivity (Wildman–Crippen MR) is 75.4 cm³/mol. The molecule has 91 valence electrons. The van der Waals surface area contributed by atoms with Crippen LogP contribution < -0.4 is 0 Å². The molecule has 0 aliphatic heterocycles. The second kappa shape index (κ2) is 9.45. The molecular formula is C16H27. The maximum Gasteiger partial charge on any atom is -0.0139 e. The summed E-state index contributed by atoms with van der Waals surface area (Å²) in [5.41, 5.74) is 4.15. The minimum atomic E-state index is 1.11. The molecule has 0 atom stereocenters. The van der Waals surface area contributed by atoms with E-state index in [9.17, 15) is 0 Å². The standard InChI is InChI=1S/C16H27/c1-6-7-10-15(4)12-13-16(5)11-8-9-14(2)3/h9-10,13H,2,6-8,11-12H2,1,3-5H3. The molecule has 0 spiro atoms. The van der Waals surface area contributed by atoms with Gasteiger partial charge in [0.05, 0.1) is 0 Å². The highest BCUT2D eigenvalue weighted by atomic mass is 14.0. The number of hydrogen-bond donors (Lipinski definition) is 0. The van der Waals surface area contributed by atoms with Gasteiger partial charge in [-0.2, -0.15) is 0 Å². The summed E-state index contributed by atoms with van der Waals surface area (Å²) >= 11 is 0. The van der Waals surface area contributed by atoms with Crippen molar-refractivity contribution in [3.05, 3.63) is 41.9 Å². The van der Waals surface area contributed by atoms with Crippen LogP contribution in [0.5, 0.6) is 0 Å². The third-order valence-corrected chi connectivity index (χ3v) is 2.59. The molecule has 0 bridgehead atoms. The number of allylic oxidation sites excluding steroid dienone is 6. The Kier molecular flexibility index (Phi) is 8.99. The van der Waals surface area contributed by atoms with Crippen molar-refractivity contribution in [1.82, 2.24) is 0 Å². The minimum Gasteiger partial charge on any atom is -0.0853 e. The highest BCUT2D eigenvalue weighted by Gasteiger charge is 1.90. The summed E-state index contributed by atoms with van der Waals surface area (Å²) < 4.78 is 0. The zero-order chi connectivity index (χ0) is 12.4. The van der Waals surface area contributed by atoms with Crippen LogP contribution in [0.3, 0.4) is 0 Å². The molecule has 1 radical (unpaired) electrons. The Morgan fingerprint density at radius 2 is 1.62 bits per heavy atom. The molecule has 0 rings (SSSR count). The van der Waals surface area contributed by atoms with Crippen LogP contribution in [0.4, 0.5) is 0 Å². The lowest BCUT2D eigenvalue weighted by atomic mass is 10.1. The molecular weight excluding hydrogens is 192 g/mol. The van der Waals surface area contributed by atoms with Crippen molar-refractivity contribution in [3.63, 3.8) is 0 Å². The van der Waals surface area contributed by atoms with Crippen LogP contribution in [0.2, 0.25) is 0 Å². The first-order valence-electron chi connectivity index (χ1n) is 6.36. The minimum absolute atomic E-state index is 1.11. The summed E-state index contributed by atoms with van der Waals surface area (Å²) in [5, 5.41) is 0. The van der Waals surface area contributed by atoms with Crippen molar-refractivity contribution in [2.45, 2.75) is 59.8 Å². The maximum absolute atomic E-state index is 3.88. The fraction of sp³-hybridized carbons (Fsp3) is 0.562. The summed E-state index contributed by atoms with van der Waals surface area (Å²) in [5.74, 6) is 0. The summed E-state index contributed by atoms with van der Waals surface area (Å²) in [7, 11) is 0. The van der Waals surface area contributed by atoms with Crippen LogP contribution in [-0.2, 0) is 0 Å². The van der Waals surface area contributed by atoms with E-state index in [4.69, 9.17) is 0 Å². The highest BCUT2D eigenvalue weighted by molar-refractivity contribution is 5.10. The zero-order valence-electron chi connectivity index (χ0n) is 11.5. The number of unbranched alkanes of at least 4 members (excludes halogenated alkanes) is 1. The molecule has 0 saturated heterocycles. The van der Waals surface area contributed by atoms with E-state index in [1.807, 2.05) is 0 Å². The molecule has 0 saturated carbocycles. The lowest BCUT2D eigenvalue weighted by Crippen LogP contribution is -1.80. The molecule has 0 aliphatic carbocycles. The molecule has 0 amide bonds. The normalized spacial score (nSPS) is 14.4. The largest absolute Gasteiger partial charge is 0.0853 e. The van der Waals surface area contributed by atoms with Crippen molar-refractivity contribution in [2.24, 2.45) is 0 Å². The van der Waals surface area contributed by atoms with Gasteiger partial charge >= 0.3 is 0 Å². The highest BCUT2D eigenvalue weighted by Crippen LogP contribution is 2.11. The third kappa shape index (κ3) is 9.76. The zero-order valence-corrected chi connectivity index (χ0v) is 11.5. The van der Waals surface area contributed by atoms with Gasteiger partial charge in [-0.05, 0) is 53.4 Å². The van der Waals surface area contributed by atoms with Gasteiger partial charge in [-0.25, -0.2) is 0 Å². The van der Waals surface area contributed by atoms with Crippen molar-refractivity contribution in [1.29, 1.82) is 0 Å². The Morgan fingerprint density at radius 1 is 0.938 bits per heavy atom. The summed E-state index contributed by atoms with van der Waals surface area (Å²) in [4.78, 5) is 0. The molecule has 0 aromatic rings. The fourth-order valence-electron chi connectivity index (χ4n) is 1.46. The Bertz CT molecular complexity index is 260. The van der Waals surface area contributed by atoms with Gasteiger partial charge in [-0.1, -0.05) is 48.3 Å². The lowest BCUT2D eigenvalue weighted by molar-refractivity contribution is 0.933. The molecule has 0 nitrogen and oxygen atoms in total. The van der Waals surface area contributed by atoms with Crippen molar-refractivity contribution < 1.29 is 0 Å². The maximum atomic E-state index is 3.88. The predicted octanol–water partition coefficient (Wildman–Crippen LogP) is 5.63. The van der Waals surface area contributed by atoms with Gasteiger partial charge in [0.25, 0.3) is 0 Å². The topological polar surface area (TPSA) is 0 Å². The van der Waals surface area contributed by atoms with E-state index in [0.717, 1.165) is 19.3 Å². The second-order valence-corrected chi connectivity index (χ2v) is 4.68. The van der Waals surface area contributed by atoms with Crippen LogP contribution in [0.15, 0.2) is 34.9 Å². The molecule has 0 aromatic carbocycles. The first-order valence-corrected chi connectivity index (χ1v) is 6.36. The van der Waals surface area contributed by atoms with Gasteiger partial charge in [0, 0.05) is 0 Å². The lowest BCUT2D eigenvalue weighted by Gasteiger charge is -2.00. The summed E-state index contributed by atoms with van der Waals surface area (Å²) in [6, 6.07) is 0. The van der Waals surface area contributed by atoms with E-state index in [2.05, 4.69) is 52.8 Å². The Morgan fingerprint density at radius 3 is 2.19 bits per heavy atom. The SMILES string of the molecule is [CH2]C(C)=CCCC(C)=CCC(C)=CCCC. The van der Waals surface area contributed by atoms with Crippen LogP contribution in [0, 0.1) is 6.92 Å². The van der Waals surface area contributed by atoms with Gasteiger partial charge in [0.2, 0.25) is 0 Å². The number of rotatable bonds is 7. The van der Waals surface area contributed by atoms with E-state index >= 15 is 0 Å². The first kappa shape index (κ1) is 15.2. The van der Waals surface area contributed by atoms with Crippen LogP contribution in [-0.4, -0.2) is 0 Å². The van der Waals surface area contributed by atoms with Crippen molar-refractivity contribution in [3.8, 4) is 0 Å². The monoisotopic (exact) mass is 219 g/mol. The van der Waals surface area contributed by atoms with Gasteiger partial charge in [0.15, 0.2) is 0 Å². The average Bonchev–Trinajstić information content (AvgIpc) is 2.23. The smallest absolute Gasteiger partial charge is 0.0139 e. The quantitative estimate of drug-likeness (QED) is 0.487. The Balaban J connectivity index is 3.90. The van der Waals surface area contributed by atoms with E-state index < -0.39 is 0 Å². The van der Waals surface area contributed by atoms with E-state index in [1.165, 1.54) is 29.6 Å². The van der Waals surface area contributed by atoms with E-state index in [-0.39, 0.29) is 0 Å². The molecule has 0 unspecified atom stereocenters. The van der Waals surface area contributed by atoms with Crippen molar-refractivity contribution in [2.75, 3.05) is 0 Å². The van der Waals surface area contributed by atoms with Gasteiger partial charge in [-0.15, -0.1) is 0 Å². The summed E-state index contributed by atoms with van der Waals surface area (Å²) in [6.07, 6.45) is 12.8. The van der Waals surface area contributed by atoms with E-state index in [1.54, 1.807) is 0 Å². The van der Waals surface area contributed by atoms with E-state index in [0.29, 0.717) is 0 Å². The van der Waals surface area contributed by atoms with Crippen LogP contribution in [0.1, 0.15) is 59.8 Å². The molecule has 0 heteroatoms. The van der Waals surface area contributed by atoms with Crippen LogP contribution in [0.25, 0.3) is 0 Å². The molecule has 0 N–H and O–H groups in total. The molecule has 0 heterocycles. The fourth-order valence-corrected chi connectivity index (χ4v) is 1.46. The Labute approximate surface area is 102 Å². The molecule has 0 aromatic heterocycles. The molecule has 0 aliphatic rings. The third-order valence-electron chi connectivity index (χ3n) is 2.59. The number of hydrogen-bond acceptors (Lipinski definition) is 0. The summed E-state index contributed by atoms with van der Waals surface area (Å²) in [6.45, 7) is 12.6. The van der Waals surface area contributed by atoms with Gasteiger partial charge in [-0.3, -0.25) is 0 Å². The first-order chi connectivity index (χ1) is 7.56. The Hall–Kier alpha value is -0.780. The molecule has 16 heavy (non-hydrogen) atoms. The van der Waals surface area contributed by atoms with Gasteiger partial charge < -0.3 is 0 Å². The van der Waals surface area contributed by atoms with Crippen molar-refractivity contribution >= 4 is 0 Å². The van der Waals surface area contributed by atoms with Gasteiger partial charge in [0.1, 0.15) is 0 Å². The second-order valence-electron chi connectivity index (χ2n) is 4.68. The average molecular weight is 219 g/mol.